The van der Waals surface area contributed by atoms with Gasteiger partial charge in [0, 0.05) is 18.7 Å². The van der Waals surface area contributed by atoms with Crippen LogP contribution in [0.2, 0.25) is 0 Å². The lowest BCUT2D eigenvalue weighted by molar-refractivity contribution is 0.562. The lowest BCUT2D eigenvalue weighted by atomic mass is 9.81. The van der Waals surface area contributed by atoms with Gasteiger partial charge in [0.1, 0.15) is 0 Å². The van der Waals surface area contributed by atoms with Gasteiger partial charge in [-0.05, 0) is 36.8 Å². The minimum absolute atomic E-state index is 0.536. The fourth-order valence-corrected chi connectivity index (χ4v) is 3.07. The number of fused-ring (bicyclic) bond motifs is 1. The first-order valence-electron chi connectivity index (χ1n) is 8.48. The van der Waals surface area contributed by atoms with E-state index in [1.165, 1.54) is 29.0 Å². The van der Waals surface area contributed by atoms with E-state index in [9.17, 15) is 0 Å². The summed E-state index contributed by atoms with van der Waals surface area (Å²) in [6.45, 7) is 9.45. The van der Waals surface area contributed by atoms with E-state index >= 15 is 0 Å². The molecule has 2 aliphatic rings. The molecule has 22 heavy (non-hydrogen) atoms. The fraction of sp³-hybridized carbons (Fsp3) is 0.450. The molecule has 1 aromatic carbocycles. The molecule has 2 unspecified atom stereocenters. The second-order valence-corrected chi connectivity index (χ2v) is 5.90. The molecular formula is C20H28N2. The Balaban J connectivity index is 0.000000847. The van der Waals surface area contributed by atoms with Crippen molar-refractivity contribution in [3.8, 4) is 0 Å². The van der Waals surface area contributed by atoms with Gasteiger partial charge in [0.2, 0.25) is 0 Å². The zero-order valence-corrected chi connectivity index (χ0v) is 14.3. The van der Waals surface area contributed by atoms with E-state index in [1.807, 2.05) is 20.0 Å². The van der Waals surface area contributed by atoms with Crippen LogP contribution in [0.3, 0.4) is 0 Å². The molecule has 1 N–H and O–H groups in total. The van der Waals surface area contributed by atoms with Crippen LogP contribution >= 0.6 is 0 Å². The van der Waals surface area contributed by atoms with Crippen molar-refractivity contribution < 1.29 is 0 Å². The topological polar surface area (TPSA) is 24.4 Å². The molecule has 3 rings (SSSR count). The lowest BCUT2D eigenvalue weighted by Crippen LogP contribution is -2.31. The Bertz CT molecular complexity index is 567. The monoisotopic (exact) mass is 296 g/mol. The van der Waals surface area contributed by atoms with E-state index in [0.717, 1.165) is 13.0 Å². The maximum atomic E-state index is 4.60. The molecule has 0 radical (unpaired) electrons. The Morgan fingerprint density at radius 3 is 2.64 bits per heavy atom. The number of aliphatic imine (C=N–C) groups is 1. The Labute approximate surface area is 135 Å². The van der Waals surface area contributed by atoms with Crippen molar-refractivity contribution in [1.82, 2.24) is 5.32 Å². The molecule has 0 saturated heterocycles. The average Bonchev–Trinajstić information content (AvgIpc) is 2.92. The molecule has 2 heteroatoms. The van der Waals surface area contributed by atoms with Crippen molar-refractivity contribution in [3.05, 3.63) is 59.4 Å². The number of nitrogens with zero attached hydrogens (tertiary/aromatic N) is 1. The van der Waals surface area contributed by atoms with Gasteiger partial charge in [-0.2, -0.15) is 0 Å². The van der Waals surface area contributed by atoms with Gasteiger partial charge >= 0.3 is 0 Å². The summed E-state index contributed by atoms with van der Waals surface area (Å²) in [5.74, 6) is 1.16. The Kier molecular flexibility index (Phi) is 6.00. The maximum absolute atomic E-state index is 4.60. The van der Waals surface area contributed by atoms with E-state index in [-0.39, 0.29) is 0 Å². The van der Waals surface area contributed by atoms with Crippen LogP contribution in [0.15, 0.2) is 58.9 Å². The molecule has 2 atom stereocenters. The molecule has 0 amide bonds. The highest BCUT2D eigenvalue weighted by atomic mass is 14.9. The number of nitrogens with one attached hydrogen (secondary N) is 1. The molecule has 1 aliphatic heterocycles. The molecule has 2 nitrogen and oxygen atoms in total. The SMILES string of the molecule is CC.CC1=CN=C2C(NCCc3ccccc3)=CC(C)CC12. The highest BCUT2D eigenvalue weighted by Gasteiger charge is 2.30. The summed E-state index contributed by atoms with van der Waals surface area (Å²) in [5, 5.41) is 3.59. The summed E-state index contributed by atoms with van der Waals surface area (Å²) in [4.78, 5) is 4.60. The molecular weight excluding hydrogens is 268 g/mol. The zero-order chi connectivity index (χ0) is 15.9. The molecule has 118 valence electrons. The highest BCUT2D eigenvalue weighted by molar-refractivity contribution is 6.05. The molecule has 0 bridgehead atoms. The first-order valence-corrected chi connectivity index (χ1v) is 8.48. The van der Waals surface area contributed by atoms with Crippen molar-refractivity contribution in [2.75, 3.05) is 6.54 Å². The third-order valence-electron chi connectivity index (χ3n) is 4.19. The van der Waals surface area contributed by atoms with E-state index in [2.05, 4.69) is 60.6 Å². The van der Waals surface area contributed by atoms with Crippen LogP contribution < -0.4 is 5.32 Å². The maximum Gasteiger partial charge on any atom is 0.0703 e. The van der Waals surface area contributed by atoms with Crippen LogP contribution in [0.25, 0.3) is 0 Å². The smallest absolute Gasteiger partial charge is 0.0703 e. The third-order valence-corrected chi connectivity index (χ3v) is 4.19. The quantitative estimate of drug-likeness (QED) is 0.852. The molecule has 1 aromatic rings. The van der Waals surface area contributed by atoms with Crippen molar-refractivity contribution in [2.45, 2.75) is 40.5 Å². The number of allylic oxidation sites excluding steroid dienone is 3. The molecule has 0 fully saturated rings. The van der Waals surface area contributed by atoms with Crippen molar-refractivity contribution in [3.63, 3.8) is 0 Å². The van der Waals surface area contributed by atoms with E-state index < -0.39 is 0 Å². The summed E-state index contributed by atoms with van der Waals surface area (Å²) < 4.78 is 0. The zero-order valence-electron chi connectivity index (χ0n) is 14.3. The van der Waals surface area contributed by atoms with Gasteiger partial charge in [0.25, 0.3) is 0 Å². The molecule has 0 spiro atoms. The minimum atomic E-state index is 0.536. The summed E-state index contributed by atoms with van der Waals surface area (Å²) in [6, 6.07) is 10.6. The Morgan fingerprint density at radius 1 is 1.18 bits per heavy atom. The van der Waals surface area contributed by atoms with Gasteiger partial charge in [0.15, 0.2) is 0 Å². The van der Waals surface area contributed by atoms with Crippen LogP contribution in [0.4, 0.5) is 0 Å². The summed E-state index contributed by atoms with van der Waals surface area (Å²) in [7, 11) is 0. The third kappa shape index (κ3) is 3.88. The predicted molar refractivity (Wildman–Crippen MR) is 96.0 cm³/mol. The van der Waals surface area contributed by atoms with Crippen LogP contribution in [0.5, 0.6) is 0 Å². The predicted octanol–water partition coefficient (Wildman–Crippen LogP) is 4.74. The lowest BCUT2D eigenvalue weighted by Gasteiger charge is -2.27. The summed E-state index contributed by atoms with van der Waals surface area (Å²) in [6.07, 6.45) is 6.62. The van der Waals surface area contributed by atoms with Gasteiger partial charge in [-0.25, -0.2) is 0 Å². The first kappa shape index (κ1) is 16.5. The number of hydrogen-bond donors (Lipinski definition) is 1. The van der Waals surface area contributed by atoms with Crippen LogP contribution in [0, 0.1) is 11.8 Å². The van der Waals surface area contributed by atoms with E-state index in [0.29, 0.717) is 11.8 Å². The van der Waals surface area contributed by atoms with Crippen LogP contribution in [-0.2, 0) is 6.42 Å². The Morgan fingerprint density at radius 2 is 1.91 bits per heavy atom. The average molecular weight is 296 g/mol. The Hall–Kier alpha value is -1.83. The molecule has 0 aromatic heterocycles. The minimum Gasteiger partial charge on any atom is -0.383 e. The molecule has 0 saturated carbocycles. The van der Waals surface area contributed by atoms with Gasteiger partial charge in [0.05, 0.1) is 11.4 Å². The van der Waals surface area contributed by atoms with Gasteiger partial charge < -0.3 is 5.32 Å². The van der Waals surface area contributed by atoms with Gasteiger partial charge in [-0.1, -0.05) is 57.2 Å². The number of benzene rings is 1. The summed E-state index contributed by atoms with van der Waals surface area (Å²) >= 11 is 0. The van der Waals surface area contributed by atoms with Crippen molar-refractivity contribution in [1.29, 1.82) is 0 Å². The standard InChI is InChI=1S/C18H22N2.C2H6/c1-13-10-16-14(2)12-20-18(16)17(11-13)19-9-8-15-6-4-3-5-7-15;1-2/h3-7,11-13,16,19H,8-10H2,1-2H3;1-2H3. The fourth-order valence-electron chi connectivity index (χ4n) is 3.07. The number of hydrogen-bond acceptors (Lipinski definition) is 2. The first-order chi connectivity index (χ1) is 10.7. The van der Waals surface area contributed by atoms with Crippen LogP contribution in [0.1, 0.15) is 39.7 Å². The van der Waals surface area contributed by atoms with Gasteiger partial charge in [-0.15, -0.1) is 0 Å². The molecule has 1 aliphatic carbocycles. The normalized spacial score (nSPS) is 22.6. The van der Waals surface area contributed by atoms with Crippen molar-refractivity contribution >= 4 is 5.71 Å². The summed E-state index contributed by atoms with van der Waals surface area (Å²) in [5.41, 5.74) is 5.28. The highest BCUT2D eigenvalue weighted by Crippen LogP contribution is 2.33. The largest absolute Gasteiger partial charge is 0.383 e. The van der Waals surface area contributed by atoms with E-state index in [4.69, 9.17) is 0 Å². The van der Waals surface area contributed by atoms with Gasteiger partial charge in [-0.3, -0.25) is 4.99 Å². The van der Waals surface area contributed by atoms with E-state index in [1.54, 1.807) is 0 Å². The second-order valence-electron chi connectivity index (χ2n) is 5.90. The van der Waals surface area contributed by atoms with Crippen LogP contribution in [-0.4, -0.2) is 12.3 Å². The molecule has 1 heterocycles. The van der Waals surface area contributed by atoms with Crippen molar-refractivity contribution in [2.24, 2.45) is 16.8 Å². The second kappa shape index (κ2) is 7.98. The number of rotatable bonds is 4.